The minimum Gasteiger partial charge on any atom is -0.376 e. The first-order valence-electron chi connectivity index (χ1n) is 24.4. The van der Waals surface area contributed by atoms with E-state index in [4.69, 9.17) is 14.4 Å². The molecule has 364 valence electrons. The van der Waals surface area contributed by atoms with Crippen LogP contribution < -0.4 is 11.4 Å². The zero-order valence-corrected chi connectivity index (χ0v) is 40.8. The Hall–Kier alpha value is -6.40. The van der Waals surface area contributed by atoms with E-state index in [9.17, 15) is 13.8 Å². The molecule has 4 fully saturated rings. The highest BCUT2D eigenvalue weighted by atomic mass is 32.2. The molecule has 5 atom stereocenters. The maximum atomic E-state index is 16.6. The number of carbonyl (C=O) groups excluding carboxylic acids is 1. The van der Waals surface area contributed by atoms with Gasteiger partial charge >= 0.3 is 11.4 Å². The summed E-state index contributed by atoms with van der Waals surface area (Å²) in [5.74, 6) is -0.942. The van der Waals surface area contributed by atoms with Gasteiger partial charge in [0.05, 0.1) is 43.3 Å². The molecule has 1 amide bonds. The third-order valence-corrected chi connectivity index (χ3v) is 18.8. The fourth-order valence-corrected chi connectivity index (χ4v) is 14.1. The number of aromatic nitrogens is 7. The average Bonchev–Trinajstić information content (AvgIpc) is 4.31. The molecular weight excluding hydrogens is 917 g/mol. The van der Waals surface area contributed by atoms with E-state index in [-0.39, 0.29) is 58.1 Å². The molecule has 0 unspecified atom stereocenters. The van der Waals surface area contributed by atoms with Gasteiger partial charge in [0, 0.05) is 66.3 Å². The smallest absolute Gasteiger partial charge is 0.376 e. The number of ether oxygens (including phenoxy) is 1. The minimum atomic E-state index is -2.84. The van der Waals surface area contributed by atoms with Crippen molar-refractivity contribution in [3.63, 3.8) is 0 Å². The van der Waals surface area contributed by atoms with E-state index in [1.54, 1.807) is 40.9 Å². The molecule has 1 N–H and O–H groups in total. The molecule has 3 aromatic carbocycles. The number of hydrogen-bond donors (Lipinski definition) is 1. The van der Waals surface area contributed by atoms with Gasteiger partial charge in [0.15, 0.2) is 11.6 Å². The first-order chi connectivity index (χ1) is 33.5. The van der Waals surface area contributed by atoms with Crippen LogP contribution in [0.5, 0.6) is 0 Å². The Balaban J connectivity index is 0.989. The first kappa shape index (κ1) is 44.8. The number of hydrogen-bond acceptors (Lipinski definition) is 9. The molecule has 7 aromatic rings. The van der Waals surface area contributed by atoms with Gasteiger partial charge in [-0.2, -0.15) is 5.10 Å². The van der Waals surface area contributed by atoms with Gasteiger partial charge in [-0.3, -0.25) is 23.4 Å². The lowest BCUT2D eigenvalue weighted by atomic mass is 9.83. The zero-order valence-electron chi connectivity index (χ0n) is 40.0. The van der Waals surface area contributed by atoms with Gasteiger partial charge in [-0.1, -0.05) is 18.1 Å². The molecule has 3 saturated carbocycles. The third kappa shape index (κ3) is 6.86. The number of amides is 1. The largest absolute Gasteiger partial charge is 0.438 e. The molecule has 12 rings (SSSR count). The summed E-state index contributed by atoms with van der Waals surface area (Å²) in [7, 11) is -1.34. The fourth-order valence-electron chi connectivity index (χ4n) is 11.7. The lowest BCUT2D eigenvalue weighted by Crippen LogP contribution is -2.41. The van der Waals surface area contributed by atoms with Gasteiger partial charge in [-0.25, -0.2) is 31.6 Å². The summed E-state index contributed by atoms with van der Waals surface area (Å²) in [4.78, 5) is 48.0. The van der Waals surface area contributed by atoms with E-state index in [1.807, 2.05) is 17.6 Å². The van der Waals surface area contributed by atoms with Crippen molar-refractivity contribution in [1.29, 1.82) is 0 Å². The standard InChI is InChI=1S/C52H55F2N9O6S/c1-28-26-52(28,48-56-49(65)69-58-48)62-40-14-9-32(33-18-22-68-51(4,5)27-33)23-34(40)24-42(62)47(64)59-19-17-39-44(30(59)3)46(63(57-39)35-10-13-38(53)37(25-35)31-7-8-31)61-21-20-60(50(61)66)41-15-16-43(29(2)45(41)54)70(67,55-6)36-11-12-36/h9-10,13-16,20-21,23-25,28,30-31,33,36H,7-8,11-12,17-19,22,26-27H2,1-6H3,(H,56,58,65)/t28-,30-,33-,52-,70+/m0/s1. The van der Waals surface area contributed by atoms with Gasteiger partial charge in [-0.15, -0.1) is 0 Å². The van der Waals surface area contributed by atoms with E-state index in [0.717, 1.165) is 55.0 Å². The molecule has 4 aromatic heterocycles. The number of rotatable bonds is 10. The maximum absolute atomic E-state index is 16.6. The second-order valence-electron chi connectivity index (χ2n) is 20.7. The highest BCUT2D eigenvalue weighted by Gasteiger charge is 2.59. The van der Waals surface area contributed by atoms with Crippen molar-refractivity contribution < 1.29 is 27.0 Å². The van der Waals surface area contributed by atoms with Gasteiger partial charge in [0.2, 0.25) is 0 Å². The van der Waals surface area contributed by atoms with Crippen LogP contribution >= 0.6 is 0 Å². The Morgan fingerprint density at radius 1 is 0.943 bits per heavy atom. The van der Waals surface area contributed by atoms with E-state index < -0.39 is 38.6 Å². The van der Waals surface area contributed by atoms with Crippen LogP contribution in [0.3, 0.4) is 0 Å². The lowest BCUT2D eigenvalue weighted by Gasteiger charge is -2.35. The number of nitrogens with one attached hydrogen (secondary N) is 1. The summed E-state index contributed by atoms with van der Waals surface area (Å²) in [6.07, 6.45) is 8.93. The topological polar surface area (TPSA) is 168 Å². The number of fused-ring (bicyclic) bond motifs is 2. The van der Waals surface area contributed by atoms with Crippen LogP contribution in [0.25, 0.3) is 28.1 Å². The van der Waals surface area contributed by atoms with Gasteiger partial charge < -0.3 is 14.2 Å². The lowest BCUT2D eigenvalue weighted by molar-refractivity contribution is -0.0592. The van der Waals surface area contributed by atoms with Crippen molar-refractivity contribution in [2.75, 3.05) is 20.2 Å². The SMILES string of the molecule is CN=[S@](=O)(c1ccc(-n2ccn(-c3c4c(nn3-c3ccc(F)c(C5CC5)c3)CCN(C(=O)c3cc5cc([C@H]6CCOC(C)(C)C6)ccc5n3[C@@]3(c5noc(=O)[nH]5)C[C@@H]3C)[C@H]4C)c2=O)c(F)c1C)C1CC1. The van der Waals surface area contributed by atoms with Crippen molar-refractivity contribution in [1.82, 2.24) is 38.5 Å². The van der Waals surface area contributed by atoms with E-state index >= 15 is 13.6 Å². The van der Waals surface area contributed by atoms with Gasteiger partial charge in [0.1, 0.15) is 22.9 Å². The molecule has 3 aliphatic carbocycles. The summed E-state index contributed by atoms with van der Waals surface area (Å²) < 4.78 is 67.5. The minimum absolute atomic E-state index is 0.0116. The zero-order chi connectivity index (χ0) is 48.8. The van der Waals surface area contributed by atoms with Crippen LogP contribution in [0.15, 0.2) is 90.4 Å². The Bertz CT molecular complexity index is 3580. The number of halogens is 2. The van der Waals surface area contributed by atoms with Crippen molar-refractivity contribution in [2.24, 2.45) is 10.3 Å². The average molecular weight is 972 g/mol. The summed E-state index contributed by atoms with van der Waals surface area (Å²) >= 11 is 0. The molecule has 5 aliphatic rings. The van der Waals surface area contributed by atoms with Crippen LogP contribution in [0.1, 0.15) is 135 Å². The quantitative estimate of drug-likeness (QED) is 0.142. The summed E-state index contributed by atoms with van der Waals surface area (Å²) in [6.45, 7) is 10.7. The molecule has 0 radical (unpaired) electrons. The number of nitrogens with zero attached hydrogens (tertiary/aromatic N) is 8. The maximum Gasteiger partial charge on any atom is 0.438 e. The fraction of sp³-hybridized carbons (Fsp3) is 0.442. The van der Waals surface area contributed by atoms with Crippen molar-refractivity contribution >= 4 is 26.5 Å². The van der Waals surface area contributed by atoms with Crippen molar-refractivity contribution in [3.05, 3.63) is 139 Å². The van der Waals surface area contributed by atoms with Crippen molar-refractivity contribution in [3.8, 4) is 17.2 Å². The molecule has 18 heteroatoms. The van der Waals surface area contributed by atoms with Crippen LogP contribution in [-0.2, 0) is 26.4 Å². The number of imidazole rings is 1. The van der Waals surface area contributed by atoms with E-state index in [1.165, 1.54) is 34.5 Å². The molecule has 1 saturated heterocycles. The highest BCUT2D eigenvalue weighted by molar-refractivity contribution is 7.94. The predicted octanol–water partition coefficient (Wildman–Crippen LogP) is 8.74. The van der Waals surface area contributed by atoms with Crippen LogP contribution in [0, 0.1) is 24.5 Å². The number of benzene rings is 3. The Morgan fingerprint density at radius 2 is 1.71 bits per heavy atom. The molecule has 15 nitrogen and oxygen atoms in total. The Morgan fingerprint density at radius 3 is 2.40 bits per heavy atom. The predicted molar refractivity (Wildman–Crippen MR) is 258 cm³/mol. The number of H-pyrrole nitrogens is 1. The number of aromatic amines is 1. The van der Waals surface area contributed by atoms with Gasteiger partial charge in [-0.05, 0) is 150 Å². The monoisotopic (exact) mass is 971 g/mol. The first-order valence-corrected chi connectivity index (χ1v) is 25.9. The van der Waals surface area contributed by atoms with Crippen LogP contribution in [0.2, 0.25) is 0 Å². The van der Waals surface area contributed by atoms with Crippen molar-refractivity contribution in [2.45, 2.75) is 125 Å². The third-order valence-electron chi connectivity index (χ3n) is 15.8. The Kier molecular flexibility index (Phi) is 10.1. The van der Waals surface area contributed by atoms with Gasteiger partial charge in [0.25, 0.3) is 5.91 Å². The molecule has 2 aliphatic heterocycles. The van der Waals surface area contributed by atoms with E-state index in [0.29, 0.717) is 64.2 Å². The van der Waals surface area contributed by atoms with Crippen LogP contribution in [0.4, 0.5) is 8.78 Å². The summed E-state index contributed by atoms with van der Waals surface area (Å²) in [6, 6.07) is 15.6. The second kappa shape index (κ2) is 15.8. The Labute approximate surface area is 402 Å². The molecule has 0 spiro atoms. The molecular formula is C52H55F2N9O6S. The molecule has 0 bridgehead atoms. The summed E-state index contributed by atoms with van der Waals surface area (Å²) in [5.41, 5.74) is 3.16. The molecule has 70 heavy (non-hydrogen) atoms. The molecule has 6 heterocycles. The van der Waals surface area contributed by atoms with E-state index in [2.05, 4.69) is 53.5 Å². The normalized spacial score (nSPS) is 23.9. The number of carbonyl (C=O) groups is 1. The second-order valence-corrected chi connectivity index (χ2v) is 23.4. The highest BCUT2D eigenvalue weighted by Crippen LogP contribution is 2.56. The summed E-state index contributed by atoms with van der Waals surface area (Å²) in [5, 5.41) is 10.0. The van der Waals surface area contributed by atoms with Crippen LogP contribution in [-0.4, -0.2) is 79.7 Å².